The number of hydrogen-bond acceptors (Lipinski definition) is 4. The first kappa shape index (κ1) is 14.7. The van der Waals surface area contributed by atoms with Crippen molar-refractivity contribution in [1.29, 1.82) is 0 Å². The Kier molecular flexibility index (Phi) is 4.10. The van der Waals surface area contributed by atoms with Crippen LogP contribution in [0.5, 0.6) is 0 Å². The zero-order valence-electron chi connectivity index (χ0n) is 12.0. The zero-order chi connectivity index (χ0) is 15.0. The fourth-order valence-electron chi connectivity index (χ4n) is 2.91. The van der Waals surface area contributed by atoms with Gasteiger partial charge in [-0.3, -0.25) is 14.1 Å². The second-order valence-corrected chi connectivity index (χ2v) is 6.68. The van der Waals surface area contributed by atoms with Gasteiger partial charge in [-0.2, -0.15) is 0 Å². The van der Waals surface area contributed by atoms with Crippen LogP contribution in [0.2, 0.25) is 0 Å². The van der Waals surface area contributed by atoms with Crippen LogP contribution >= 0.6 is 15.9 Å². The third-order valence-corrected chi connectivity index (χ3v) is 4.57. The molecule has 1 aliphatic rings. The Morgan fingerprint density at radius 2 is 2.29 bits per heavy atom. The van der Waals surface area contributed by atoms with E-state index in [9.17, 15) is 4.79 Å². The van der Waals surface area contributed by atoms with Gasteiger partial charge in [-0.15, -0.1) is 0 Å². The largest absolute Gasteiger partial charge is 0.328 e. The van der Waals surface area contributed by atoms with Gasteiger partial charge in [0.15, 0.2) is 0 Å². The molecule has 21 heavy (non-hydrogen) atoms. The van der Waals surface area contributed by atoms with Gasteiger partial charge in [-0.05, 0) is 47.8 Å². The Balaban J connectivity index is 1.88. The number of nitrogens with zero attached hydrogens (tertiary/aromatic N) is 3. The number of nitrogens with two attached hydrogens (primary N) is 1. The lowest BCUT2D eigenvalue weighted by molar-refractivity contribution is 0.138. The Hall–Kier alpha value is -1.24. The molecule has 6 heteroatoms. The maximum absolute atomic E-state index is 12.2. The summed E-state index contributed by atoms with van der Waals surface area (Å²) in [4.78, 5) is 19.1. The lowest BCUT2D eigenvalue weighted by Gasteiger charge is -2.36. The highest BCUT2D eigenvalue weighted by Gasteiger charge is 2.23. The average Bonchev–Trinajstić information content (AvgIpc) is 2.43. The van der Waals surface area contributed by atoms with E-state index in [1.165, 1.54) is 0 Å². The molecular weight excluding hydrogens is 332 g/mol. The van der Waals surface area contributed by atoms with E-state index in [0.717, 1.165) is 29.6 Å². The summed E-state index contributed by atoms with van der Waals surface area (Å²) in [6, 6.07) is 6.10. The molecule has 2 unspecified atom stereocenters. The van der Waals surface area contributed by atoms with Gasteiger partial charge in [0.05, 0.1) is 5.69 Å². The molecular formula is C15H19BrN4O. The fraction of sp³-hybridized carbons (Fsp3) is 0.467. The highest BCUT2D eigenvalue weighted by molar-refractivity contribution is 9.10. The molecule has 0 amide bonds. The number of likely N-dealkylation sites (tertiary alicyclic amines) is 1. The van der Waals surface area contributed by atoms with E-state index in [0.29, 0.717) is 24.3 Å². The van der Waals surface area contributed by atoms with Crippen molar-refractivity contribution >= 4 is 21.6 Å². The SMILES string of the molecule is CC1CC(N)CCN1Cc1cc(=O)n2cc(Br)ccc2n1. The predicted octanol–water partition coefficient (Wildman–Crippen LogP) is 1.77. The van der Waals surface area contributed by atoms with E-state index < -0.39 is 0 Å². The fourth-order valence-corrected chi connectivity index (χ4v) is 3.24. The number of aromatic nitrogens is 2. The Labute approximate surface area is 131 Å². The van der Waals surface area contributed by atoms with E-state index in [-0.39, 0.29) is 5.56 Å². The summed E-state index contributed by atoms with van der Waals surface area (Å²) in [5.41, 5.74) is 7.46. The summed E-state index contributed by atoms with van der Waals surface area (Å²) in [5, 5.41) is 0. The van der Waals surface area contributed by atoms with Crippen LogP contribution in [0.4, 0.5) is 0 Å². The number of piperidine rings is 1. The third kappa shape index (κ3) is 3.17. The molecule has 1 fully saturated rings. The molecule has 2 aromatic heterocycles. The number of rotatable bonds is 2. The van der Waals surface area contributed by atoms with Crippen LogP contribution in [-0.4, -0.2) is 32.9 Å². The van der Waals surface area contributed by atoms with Gasteiger partial charge in [0.2, 0.25) is 0 Å². The maximum atomic E-state index is 12.2. The van der Waals surface area contributed by atoms with Crippen LogP contribution in [0.1, 0.15) is 25.5 Å². The molecule has 3 rings (SSSR count). The smallest absolute Gasteiger partial charge is 0.258 e. The van der Waals surface area contributed by atoms with E-state index in [1.54, 1.807) is 16.7 Å². The molecule has 0 aromatic carbocycles. The maximum Gasteiger partial charge on any atom is 0.258 e. The first-order valence-electron chi connectivity index (χ1n) is 7.20. The van der Waals surface area contributed by atoms with Gasteiger partial charge < -0.3 is 5.73 Å². The monoisotopic (exact) mass is 350 g/mol. The summed E-state index contributed by atoms with van der Waals surface area (Å²) in [7, 11) is 0. The molecule has 0 bridgehead atoms. The lowest BCUT2D eigenvalue weighted by Crippen LogP contribution is -2.45. The van der Waals surface area contributed by atoms with Crippen molar-refractivity contribution in [3.8, 4) is 0 Å². The van der Waals surface area contributed by atoms with Gasteiger partial charge in [-0.1, -0.05) is 0 Å². The minimum atomic E-state index is -0.0438. The lowest BCUT2D eigenvalue weighted by atomic mass is 9.99. The van der Waals surface area contributed by atoms with Crippen LogP contribution in [-0.2, 0) is 6.54 Å². The van der Waals surface area contributed by atoms with Crippen LogP contribution in [0.3, 0.4) is 0 Å². The summed E-state index contributed by atoms with van der Waals surface area (Å²) < 4.78 is 2.42. The van der Waals surface area contributed by atoms with Crippen molar-refractivity contribution in [2.75, 3.05) is 6.54 Å². The molecule has 2 N–H and O–H groups in total. The van der Waals surface area contributed by atoms with Crippen molar-refractivity contribution in [2.24, 2.45) is 5.73 Å². The summed E-state index contributed by atoms with van der Waals surface area (Å²) in [6.45, 7) is 3.85. The first-order chi connectivity index (χ1) is 10.0. The molecule has 2 aromatic rings. The second-order valence-electron chi connectivity index (χ2n) is 5.77. The zero-order valence-corrected chi connectivity index (χ0v) is 13.6. The second kappa shape index (κ2) is 5.87. The third-order valence-electron chi connectivity index (χ3n) is 4.10. The molecule has 1 saturated heterocycles. The molecule has 5 nitrogen and oxygen atoms in total. The van der Waals surface area contributed by atoms with Gasteiger partial charge in [0.25, 0.3) is 5.56 Å². The normalized spacial score (nSPS) is 23.6. The molecule has 0 aliphatic carbocycles. The highest BCUT2D eigenvalue weighted by atomic mass is 79.9. The van der Waals surface area contributed by atoms with E-state index >= 15 is 0 Å². The predicted molar refractivity (Wildman–Crippen MR) is 86.2 cm³/mol. The van der Waals surface area contributed by atoms with E-state index in [4.69, 9.17) is 5.73 Å². The van der Waals surface area contributed by atoms with Crippen LogP contribution < -0.4 is 11.3 Å². The number of pyridine rings is 1. The minimum absolute atomic E-state index is 0.0438. The molecule has 0 radical (unpaired) electrons. The van der Waals surface area contributed by atoms with Gasteiger partial charge >= 0.3 is 0 Å². The number of hydrogen-bond donors (Lipinski definition) is 1. The summed E-state index contributed by atoms with van der Waals surface area (Å²) in [5.74, 6) is 0. The topological polar surface area (TPSA) is 63.6 Å². The van der Waals surface area contributed by atoms with Crippen LogP contribution in [0.15, 0.2) is 33.7 Å². The quantitative estimate of drug-likeness (QED) is 0.896. The summed E-state index contributed by atoms with van der Waals surface area (Å²) in [6.07, 6.45) is 3.75. The van der Waals surface area contributed by atoms with Crippen molar-refractivity contribution < 1.29 is 0 Å². The summed E-state index contributed by atoms with van der Waals surface area (Å²) >= 11 is 3.37. The van der Waals surface area contributed by atoms with Gasteiger partial charge in [0.1, 0.15) is 5.65 Å². The highest BCUT2D eigenvalue weighted by Crippen LogP contribution is 2.18. The van der Waals surface area contributed by atoms with Crippen LogP contribution in [0, 0.1) is 0 Å². The first-order valence-corrected chi connectivity index (χ1v) is 8.00. The molecule has 3 heterocycles. The van der Waals surface area contributed by atoms with E-state index in [1.807, 2.05) is 12.1 Å². The van der Waals surface area contributed by atoms with Crippen molar-refractivity contribution in [3.63, 3.8) is 0 Å². The van der Waals surface area contributed by atoms with Crippen molar-refractivity contribution in [2.45, 2.75) is 38.4 Å². The van der Waals surface area contributed by atoms with E-state index in [2.05, 4.69) is 32.7 Å². The number of halogens is 1. The molecule has 2 atom stereocenters. The molecule has 1 aliphatic heterocycles. The Morgan fingerprint density at radius 1 is 1.48 bits per heavy atom. The van der Waals surface area contributed by atoms with Crippen molar-refractivity contribution in [3.05, 3.63) is 44.9 Å². The molecule has 0 spiro atoms. The molecule has 112 valence electrons. The Morgan fingerprint density at radius 3 is 3.05 bits per heavy atom. The number of fused-ring (bicyclic) bond motifs is 1. The van der Waals surface area contributed by atoms with Gasteiger partial charge in [-0.25, -0.2) is 4.98 Å². The standard InChI is InChI=1S/C15H19BrN4O/c1-10-6-12(17)4-5-19(10)9-13-7-15(21)20-8-11(16)2-3-14(20)18-13/h2-3,7-8,10,12H,4-6,9,17H2,1H3. The van der Waals surface area contributed by atoms with Crippen LogP contribution in [0.25, 0.3) is 5.65 Å². The van der Waals surface area contributed by atoms with Gasteiger partial charge in [0, 0.05) is 41.9 Å². The average molecular weight is 351 g/mol. The van der Waals surface area contributed by atoms with Crippen molar-refractivity contribution in [1.82, 2.24) is 14.3 Å². The molecule has 0 saturated carbocycles. The Bertz CT molecular complexity index is 714. The minimum Gasteiger partial charge on any atom is -0.328 e.